The Labute approximate surface area is 249 Å². The number of benzene rings is 2. The number of methoxy groups -OCH3 is 1. The molecule has 0 aromatic heterocycles. The number of piperazine rings is 1. The topological polar surface area (TPSA) is 72.4 Å². The Kier molecular flexibility index (Phi) is 9.45. The summed E-state index contributed by atoms with van der Waals surface area (Å²) < 4.78 is 18.4. The number of rotatable bonds is 7. The lowest BCUT2D eigenvalue weighted by Gasteiger charge is -2.42. The highest BCUT2D eigenvalue weighted by Crippen LogP contribution is 2.36. The van der Waals surface area contributed by atoms with E-state index in [1.54, 1.807) is 20.4 Å². The number of piperidine rings is 1. The van der Waals surface area contributed by atoms with E-state index in [1.807, 2.05) is 36.4 Å². The summed E-state index contributed by atoms with van der Waals surface area (Å²) in [5.41, 5.74) is 2.81. The monoisotopic (exact) mass is 596 g/mol. The summed E-state index contributed by atoms with van der Waals surface area (Å²) in [5.74, 6) is 1.97. The largest absolute Gasteiger partial charge is 0.494 e. The molecule has 0 spiro atoms. The minimum Gasteiger partial charge on any atom is -0.494 e. The van der Waals surface area contributed by atoms with Crippen molar-refractivity contribution in [1.29, 1.82) is 0 Å². The van der Waals surface area contributed by atoms with E-state index in [4.69, 9.17) is 21.3 Å². The lowest BCUT2D eigenvalue weighted by atomic mass is 10.0. The highest BCUT2D eigenvalue weighted by atomic mass is 35.5. The second-order valence-corrected chi connectivity index (χ2v) is 15.1. The van der Waals surface area contributed by atoms with E-state index in [0.717, 1.165) is 35.5 Å². The molecule has 0 bridgehead atoms. The van der Waals surface area contributed by atoms with E-state index in [9.17, 15) is 4.57 Å². The van der Waals surface area contributed by atoms with Crippen molar-refractivity contribution in [2.24, 2.45) is 4.99 Å². The van der Waals surface area contributed by atoms with Gasteiger partial charge in [0.1, 0.15) is 18.7 Å². The van der Waals surface area contributed by atoms with Crippen molar-refractivity contribution in [2.45, 2.75) is 25.3 Å². The minimum atomic E-state index is -2.39. The van der Waals surface area contributed by atoms with Crippen molar-refractivity contribution >= 4 is 46.9 Å². The number of ether oxygens (including phenoxy) is 1. The second-order valence-electron chi connectivity index (χ2n) is 11.4. The van der Waals surface area contributed by atoms with E-state index in [1.165, 1.54) is 44.7 Å². The molecule has 0 atom stereocenters. The summed E-state index contributed by atoms with van der Waals surface area (Å²) in [4.78, 5) is 12.4. The first-order chi connectivity index (χ1) is 19.7. The van der Waals surface area contributed by atoms with Crippen molar-refractivity contribution in [3.05, 3.63) is 65.5 Å². The first kappa shape index (κ1) is 29.7. The molecule has 0 amide bonds. The van der Waals surface area contributed by atoms with Gasteiger partial charge in [-0.25, -0.2) is 4.99 Å². The Morgan fingerprint density at radius 2 is 1.73 bits per heavy atom. The summed E-state index contributed by atoms with van der Waals surface area (Å²) >= 11 is 6.58. The predicted octanol–water partition coefficient (Wildman–Crippen LogP) is 5.45. The molecule has 0 radical (unpaired) electrons. The van der Waals surface area contributed by atoms with Gasteiger partial charge in [-0.15, -0.1) is 0 Å². The fourth-order valence-electron chi connectivity index (χ4n) is 5.61. The third kappa shape index (κ3) is 7.55. The van der Waals surface area contributed by atoms with Crippen LogP contribution in [0.25, 0.3) is 0 Å². The van der Waals surface area contributed by atoms with Crippen molar-refractivity contribution in [2.75, 3.05) is 82.3 Å². The van der Waals surface area contributed by atoms with Gasteiger partial charge in [-0.2, -0.15) is 0 Å². The van der Waals surface area contributed by atoms with Gasteiger partial charge in [0.05, 0.1) is 17.8 Å². The van der Waals surface area contributed by atoms with Crippen LogP contribution in [0.4, 0.5) is 17.1 Å². The van der Waals surface area contributed by atoms with Crippen LogP contribution in [0.1, 0.15) is 19.3 Å². The molecule has 2 saturated heterocycles. The van der Waals surface area contributed by atoms with Crippen molar-refractivity contribution in [1.82, 2.24) is 9.80 Å². The molecule has 3 aliphatic heterocycles. The molecule has 5 rings (SSSR count). The number of halogens is 1. The van der Waals surface area contributed by atoms with Gasteiger partial charge in [0.2, 0.25) is 0 Å². The number of likely N-dealkylation sites (N-methyl/N-ethyl adjacent to an activating group) is 1. The maximum atomic E-state index is 12.6. The van der Waals surface area contributed by atoms with Crippen LogP contribution in [-0.4, -0.2) is 88.4 Å². The maximum Gasteiger partial charge on any atom is 0.151 e. The zero-order valence-corrected chi connectivity index (χ0v) is 26.2. The number of allylic oxidation sites excluding steroid dienone is 2. The van der Waals surface area contributed by atoms with Gasteiger partial charge in [0.25, 0.3) is 0 Å². The molecule has 0 unspecified atom stereocenters. The molecule has 2 aromatic rings. The molecule has 10 heteroatoms. The number of aliphatic imine (C=N–C) groups is 1. The molecule has 2 aromatic carbocycles. The van der Waals surface area contributed by atoms with Gasteiger partial charge < -0.3 is 29.7 Å². The van der Waals surface area contributed by atoms with Crippen molar-refractivity contribution in [3.8, 4) is 5.75 Å². The molecule has 0 aliphatic carbocycles. The first-order valence-corrected chi connectivity index (χ1v) is 17.4. The Bertz CT molecular complexity index is 1370. The van der Waals surface area contributed by atoms with E-state index in [0.29, 0.717) is 29.2 Å². The van der Waals surface area contributed by atoms with Crippen LogP contribution in [-0.2, 0) is 4.57 Å². The van der Waals surface area contributed by atoms with Gasteiger partial charge in [-0.1, -0.05) is 29.8 Å². The molecule has 3 aliphatic rings. The van der Waals surface area contributed by atoms with Gasteiger partial charge in [0.15, 0.2) is 5.84 Å². The zero-order chi connectivity index (χ0) is 29.0. The SMILES string of the molecule is COc1cc(N2CCC(N3CCN(C)CC3)CC2)ccc1NC1=CCC=C(Cl)C(Nc2cccc(P(C)(C)=O)c2)=N1. The average molecular weight is 597 g/mol. The predicted molar refractivity (Wildman–Crippen MR) is 174 cm³/mol. The Balaban J connectivity index is 1.26. The summed E-state index contributed by atoms with van der Waals surface area (Å²) in [6.07, 6.45) is 6.93. The summed E-state index contributed by atoms with van der Waals surface area (Å²) in [7, 11) is 1.53. The van der Waals surface area contributed by atoms with Gasteiger partial charge >= 0.3 is 0 Å². The standard InChI is InChI=1S/C31H42ClN6O2P/c1-36-17-19-38(20-18-36)24-13-15-37(16-14-24)25-11-12-28(29(22-25)40-2)34-30-10-6-9-27(32)31(35-30)33-23-7-5-8-26(21-23)41(3,4)39/h5,7-12,21-22,24,34H,6,13-20H2,1-4H3,(H,33,35). The maximum absolute atomic E-state index is 12.6. The first-order valence-electron chi connectivity index (χ1n) is 14.4. The molecule has 2 fully saturated rings. The molecule has 8 nitrogen and oxygen atoms in total. The van der Waals surface area contributed by atoms with Crippen LogP contribution in [0, 0.1) is 0 Å². The number of hydrogen-bond donors (Lipinski definition) is 2. The summed E-state index contributed by atoms with van der Waals surface area (Å²) in [6.45, 7) is 10.3. The number of nitrogens with zero attached hydrogens (tertiary/aromatic N) is 4. The molecule has 0 saturated carbocycles. The fraction of sp³-hybridized carbons (Fsp3) is 0.452. The smallest absolute Gasteiger partial charge is 0.151 e. The number of amidine groups is 1. The van der Waals surface area contributed by atoms with E-state index in [-0.39, 0.29) is 0 Å². The Hall–Kier alpha value is -2.77. The normalized spacial score (nSPS) is 19.6. The van der Waals surface area contributed by atoms with Crippen LogP contribution in [0.3, 0.4) is 0 Å². The Morgan fingerprint density at radius 1 is 0.976 bits per heavy atom. The third-order valence-corrected chi connectivity index (χ3v) is 9.98. The molecular formula is C31H42ClN6O2P. The van der Waals surface area contributed by atoms with E-state index >= 15 is 0 Å². The van der Waals surface area contributed by atoms with Crippen LogP contribution in [0.5, 0.6) is 5.75 Å². The lowest BCUT2D eigenvalue weighted by Crippen LogP contribution is -2.52. The average Bonchev–Trinajstić information content (AvgIpc) is 3.14. The molecule has 41 heavy (non-hydrogen) atoms. The third-order valence-electron chi connectivity index (χ3n) is 8.13. The van der Waals surface area contributed by atoms with E-state index in [2.05, 4.69) is 50.6 Å². The van der Waals surface area contributed by atoms with Crippen LogP contribution in [0.15, 0.2) is 70.5 Å². The van der Waals surface area contributed by atoms with E-state index < -0.39 is 7.14 Å². The van der Waals surface area contributed by atoms with Gasteiger partial charge in [0, 0.05) is 68.1 Å². The highest BCUT2D eigenvalue weighted by Gasteiger charge is 2.27. The molecular weight excluding hydrogens is 555 g/mol. The van der Waals surface area contributed by atoms with Gasteiger partial charge in [-0.05, 0) is 70.0 Å². The number of nitrogens with one attached hydrogen (secondary N) is 2. The van der Waals surface area contributed by atoms with Crippen molar-refractivity contribution < 1.29 is 9.30 Å². The molecule has 220 valence electrons. The highest BCUT2D eigenvalue weighted by molar-refractivity contribution is 7.70. The molecule has 3 heterocycles. The molecule has 2 N–H and O–H groups in total. The summed E-state index contributed by atoms with van der Waals surface area (Å²) in [5, 5.41) is 8.09. The Morgan fingerprint density at radius 3 is 2.44 bits per heavy atom. The fourth-order valence-corrected chi connectivity index (χ4v) is 6.68. The van der Waals surface area contributed by atoms with Gasteiger partial charge in [-0.3, -0.25) is 4.90 Å². The quantitative estimate of drug-likeness (QED) is 0.412. The second kappa shape index (κ2) is 13.0. The van der Waals surface area contributed by atoms with Crippen molar-refractivity contribution in [3.63, 3.8) is 0 Å². The lowest BCUT2D eigenvalue weighted by molar-refractivity contribution is 0.0982. The van der Waals surface area contributed by atoms with Crippen LogP contribution in [0.2, 0.25) is 0 Å². The zero-order valence-electron chi connectivity index (χ0n) is 24.6. The number of hydrogen-bond acceptors (Lipinski definition) is 8. The number of anilines is 3. The minimum absolute atomic E-state index is 0.529. The summed E-state index contributed by atoms with van der Waals surface area (Å²) in [6, 6.07) is 14.6. The van der Waals surface area contributed by atoms with Crippen LogP contribution >= 0.6 is 18.7 Å². The van der Waals surface area contributed by atoms with Crippen LogP contribution < -0.4 is 25.6 Å².